The Hall–Kier alpha value is -0.650. The normalized spacial score (nSPS) is 28.4. The molecule has 0 spiro atoms. The van der Waals surface area contributed by atoms with Crippen molar-refractivity contribution in [3.05, 3.63) is 0 Å². The molecule has 2 fully saturated rings. The van der Waals surface area contributed by atoms with Gasteiger partial charge < -0.3 is 15.4 Å². The summed E-state index contributed by atoms with van der Waals surface area (Å²) in [5.74, 6) is 0.125. The van der Waals surface area contributed by atoms with Crippen LogP contribution in [0.1, 0.15) is 12.8 Å². The number of amides is 1. The smallest absolute Gasteiger partial charge is 0.239 e. The molecule has 2 saturated heterocycles. The van der Waals surface area contributed by atoms with Gasteiger partial charge in [0.25, 0.3) is 0 Å². The molecule has 0 unspecified atom stereocenters. The lowest BCUT2D eigenvalue weighted by Crippen LogP contribution is -2.51. The molecule has 2 aliphatic heterocycles. The first-order valence-corrected chi connectivity index (χ1v) is 6.12. The second kappa shape index (κ2) is 5.61. The predicted octanol–water partition coefficient (Wildman–Crippen LogP) is -0.732. The fraction of sp³-hybridized carbons (Fsp3) is 0.909. The zero-order valence-corrected chi connectivity index (χ0v) is 9.73. The highest BCUT2D eigenvalue weighted by atomic mass is 16.5. The Labute approximate surface area is 96.5 Å². The van der Waals surface area contributed by atoms with E-state index in [2.05, 4.69) is 4.90 Å². The Kier molecular flexibility index (Phi) is 4.15. The van der Waals surface area contributed by atoms with Crippen molar-refractivity contribution < 1.29 is 9.53 Å². The van der Waals surface area contributed by atoms with Crippen molar-refractivity contribution in [1.29, 1.82) is 0 Å². The van der Waals surface area contributed by atoms with Crippen LogP contribution in [0.25, 0.3) is 0 Å². The first kappa shape index (κ1) is 11.8. The molecular weight excluding hydrogens is 206 g/mol. The highest BCUT2D eigenvalue weighted by Gasteiger charge is 2.25. The summed E-state index contributed by atoms with van der Waals surface area (Å²) in [7, 11) is 0. The molecule has 5 nitrogen and oxygen atoms in total. The minimum Gasteiger partial charge on any atom is -0.379 e. The standard InChI is InChI=1S/C11H21N3O2/c12-10-2-1-3-14(11(10)15)5-4-13-6-8-16-9-7-13/h10H,1-9,12H2/t10-/m0/s1. The number of rotatable bonds is 3. The molecule has 2 aliphatic rings. The van der Waals surface area contributed by atoms with Gasteiger partial charge in [-0.2, -0.15) is 0 Å². The van der Waals surface area contributed by atoms with E-state index in [-0.39, 0.29) is 11.9 Å². The van der Waals surface area contributed by atoms with Crippen LogP contribution in [0.3, 0.4) is 0 Å². The monoisotopic (exact) mass is 227 g/mol. The summed E-state index contributed by atoms with van der Waals surface area (Å²) < 4.78 is 5.29. The maximum absolute atomic E-state index is 11.8. The summed E-state index contributed by atoms with van der Waals surface area (Å²) in [5, 5.41) is 0. The van der Waals surface area contributed by atoms with Gasteiger partial charge in [-0.25, -0.2) is 0 Å². The number of carbonyl (C=O) groups excluding carboxylic acids is 1. The number of ether oxygens (including phenoxy) is 1. The third-order valence-electron chi connectivity index (χ3n) is 3.36. The summed E-state index contributed by atoms with van der Waals surface area (Å²) in [6.45, 7) is 6.22. The molecule has 5 heteroatoms. The molecule has 16 heavy (non-hydrogen) atoms. The molecule has 0 aromatic heterocycles. The molecule has 0 radical (unpaired) electrons. The SMILES string of the molecule is N[C@H]1CCCN(CCN2CCOCC2)C1=O. The number of piperidine rings is 1. The molecule has 2 heterocycles. The van der Waals surface area contributed by atoms with Crippen molar-refractivity contribution in [2.45, 2.75) is 18.9 Å². The van der Waals surface area contributed by atoms with Gasteiger partial charge in [-0.3, -0.25) is 9.69 Å². The average molecular weight is 227 g/mol. The molecule has 2 rings (SSSR count). The lowest BCUT2D eigenvalue weighted by Gasteiger charge is -2.33. The van der Waals surface area contributed by atoms with Crippen LogP contribution in [0, 0.1) is 0 Å². The zero-order valence-electron chi connectivity index (χ0n) is 9.73. The van der Waals surface area contributed by atoms with E-state index >= 15 is 0 Å². The number of nitrogens with zero attached hydrogens (tertiary/aromatic N) is 2. The molecule has 0 saturated carbocycles. The summed E-state index contributed by atoms with van der Waals surface area (Å²) in [5.41, 5.74) is 5.75. The van der Waals surface area contributed by atoms with Crippen molar-refractivity contribution in [1.82, 2.24) is 9.80 Å². The van der Waals surface area contributed by atoms with E-state index in [1.165, 1.54) is 0 Å². The molecule has 0 bridgehead atoms. The van der Waals surface area contributed by atoms with Gasteiger partial charge in [-0.1, -0.05) is 0 Å². The third kappa shape index (κ3) is 2.93. The van der Waals surface area contributed by atoms with Crippen molar-refractivity contribution in [3.8, 4) is 0 Å². The van der Waals surface area contributed by atoms with Gasteiger partial charge in [0, 0.05) is 32.7 Å². The van der Waals surface area contributed by atoms with Crippen LogP contribution in [0.5, 0.6) is 0 Å². The molecule has 0 aromatic carbocycles. The number of likely N-dealkylation sites (tertiary alicyclic amines) is 1. The maximum Gasteiger partial charge on any atom is 0.239 e. The Morgan fingerprint density at radius 1 is 1.25 bits per heavy atom. The van der Waals surface area contributed by atoms with Gasteiger partial charge in [0.05, 0.1) is 19.3 Å². The fourth-order valence-corrected chi connectivity index (χ4v) is 2.28. The van der Waals surface area contributed by atoms with Gasteiger partial charge in [0.15, 0.2) is 0 Å². The average Bonchev–Trinajstić information content (AvgIpc) is 2.32. The van der Waals surface area contributed by atoms with Gasteiger partial charge in [-0.15, -0.1) is 0 Å². The third-order valence-corrected chi connectivity index (χ3v) is 3.36. The van der Waals surface area contributed by atoms with Gasteiger partial charge in [-0.05, 0) is 12.8 Å². The lowest BCUT2D eigenvalue weighted by molar-refractivity contribution is -0.135. The molecule has 1 atom stereocenters. The van der Waals surface area contributed by atoms with Crippen LogP contribution in [0.4, 0.5) is 0 Å². The topological polar surface area (TPSA) is 58.8 Å². The van der Waals surface area contributed by atoms with E-state index in [1.807, 2.05) is 4.90 Å². The highest BCUT2D eigenvalue weighted by Crippen LogP contribution is 2.09. The summed E-state index contributed by atoms with van der Waals surface area (Å²) in [6.07, 6.45) is 1.88. The largest absolute Gasteiger partial charge is 0.379 e. The number of morpholine rings is 1. The van der Waals surface area contributed by atoms with Crippen LogP contribution in [0.2, 0.25) is 0 Å². The Bertz CT molecular complexity index is 241. The van der Waals surface area contributed by atoms with E-state index in [4.69, 9.17) is 10.5 Å². The first-order chi connectivity index (χ1) is 7.77. The second-order valence-electron chi connectivity index (χ2n) is 4.53. The first-order valence-electron chi connectivity index (χ1n) is 6.12. The van der Waals surface area contributed by atoms with Crippen LogP contribution in [0.15, 0.2) is 0 Å². The molecule has 0 aromatic rings. The van der Waals surface area contributed by atoms with Crippen molar-refractivity contribution in [3.63, 3.8) is 0 Å². The number of nitrogens with two attached hydrogens (primary N) is 1. The molecule has 0 aliphatic carbocycles. The number of hydrogen-bond donors (Lipinski definition) is 1. The van der Waals surface area contributed by atoms with Crippen molar-refractivity contribution in [2.24, 2.45) is 5.73 Å². The van der Waals surface area contributed by atoms with Crippen molar-refractivity contribution >= 4 is 5.91 Å². The Balaban J connectivity index is 1.73. The summed E-state index contributed by atoms with van der Waals surface area (Å²) in [6, 6.07) is -0.265. The number of carbonyl (C=O) groups is 1. The minimum absolute atomic E-state index is 0.125. The van der Waals surface area contributed by atoms with Crippen molar-refractivity contribution in [2.75, 3.05) is 45.9 Å². The zero-order chi connectivity index (χ0) is 11.4. The highest BCUT2D eigenvalue weighted by molar-refractivity contribution is 5.82. The van der Waals surface area contributed by atoms with E-state index in [0.29, 0.717) is 0 Å². The van der Waals surface area contributed by atoms with Crippen LogP contribution in [-0.2, 0) is 9.53 Å². The maximum atomic E-state index is 11.8. The molecule has 92 valence electrons. The van der Waals surface area contributed by atoms with Gasteiger partial charge in [0.2, 0.25) is 5.91 Å². The van der Waals surface area contributed by atoms with Crippen LogP contribution >= 0.6 is 0 Å². The van der Waals surface area contributed by atoms with Crippen LogP contribution < -0.4 is 5.73 Å². The van der Waals surface area contributed by atoms with Gasteiger partial charge >= 0.3 is 0 Å². The lowest BCUT2D eigenvalue weighted by atomic mass is 10.1. The fourth-order valence-electron chi connectivity index (χ4n) is 2.28. The molecular formula is C11H21N3O2. The van der Waals surface area contributed by atoms with E-state index < -0.39 is 0 Å². The Morgan fingerprint density at radius 3 is 2.75 bits per heavy atom. The quantitative estimate of drug-likeness (QED) is 0.690. The van der Waals surface area contributed by atoms with Crippen LogP contribution in [-0.4, -0.2) is 67.7 Å². The summed E-state index contributed by atoms with van der Waals surface area (Å²) in [4.78, 5) is 16.0. The predicted molar refractivity (Wildman–Crippen MR) is 61.0 cm³/mol. The van der Waals surface area contributed by atoms with E-state index in [0.717, 1.165) is 58.8 Å². The number of hydrogen-bond acceptors (Lipinski definition) is 4. The van der Waals surface area contributed by atoms with Gasteiger partial charge in [0.1, 0.15) is 0 Å². The minimum atomic E-state index is -0.265. The van der Waals surface area contributed by atoms with E-state index in [9.17, 15) is 4.79 Å². The summed E-state index contributed by atoms with van der Waals surface area (Å²) >= 11 is 0. The second-order valence-corrected chi connectivity index (χ2v) is 4.53. The molecule has 2 N–H and O–H groups in total. The van der Waals surface area contributed by atoms with E-state index in [1.54, 1.807) is 0 Å². The molecule has 1 amide bonds. The Morgan fingerprint density at radius 2 is 2.00 bits per heavy atom.